The van der Waals surface area contributed by atoms with Crippen LogP contribution < -0.4 is 0 Å². The van der Waals surface area contributed by atoms with Crippen molar-refractivity contribution in [1.82, 2.24) is 19.5 Å². The van der Waals surface area contributed by atoms with Gasteiger partial charge in [-0.2, -0.15) is 0 Å². The minimum Gasteiger partial charge on any atom is -0.455 e. The van der Waals surface area contributed by atoms with Crippen molar-refractivity contribution in [1.29, 1.82) is 0 Å². The molecule has 13 rings (SSSR count). The highest BCUT2D eigenvalue weighted by atomic mass is 16.3. The summed E-state index contributed by atoms with van der Waals surface area (Å²) in [7, 11) is 0. The van der Waals surface area contributed by atoms with E-state index >= 15 is 0 Å². The van der Waals surface area contributed by atoms with E-state index in [0.29, 0.717) is 22.3 Å². The number of hydrogen-bond acceptors (Lipinski definition) is 4. The Bertz CT molecular complexity index is 4110. The maximum atomic E-state index is 8.97. The minimum atomic E-state index is -0.498. The third-order valence-electron chi connectivity index (χ3n) is 12.1. The molecule has 0 saturated carbocycles. The zero-order valence-electron chi connectivity index (χ0n) is 37.9. The Hall–Kier alpha value is -8.41. The van der Waals surface area contributed by atoms with Crippen LogP contribution in [0.15, 0.2) is 211 Å². The van der Waals surface area contributed by atoms with Crippen molar-refractivity contribution in [3.05, 3.63) is 206 Å². The Labute approximate surface area is 362 Å². The normalized spacial score (nSPS) is 13.0. The summed E-state index contributed by atoms with van der Waals surface area (Å²) in [5.41, 5.74) is 7.18. The number of hydrogen-bond donors (Lipinski definition) is 0. The van der Waals surface area contributed by atoms with Gasteiger partial charge in [0.1, 0.15) is 11.2 Å². The van der Waals surface area contributed by atoms with Crippen molar-refractivity contribution in [2.45, 2.75) is 0 Å². The molecule has 3 heterocycles. The molecule has 0 unspecified atom stereocenters. The van der Waals surface area contributed by atoms with Crippen molar-refractivity contribution in [2.24, 2.45) is 0 Å². The summed E-state index contributed by atoms with van der Waals surface area (Å²) >= 11 is 0. The van der Waals surface area contributed by atoms with E-state index < -0.39 is 30.2 Å². The molecule has 288 valence electrons. The van der Waals surface area contributed by atoms with Crippen LogP contribution in [-0.2, 0) is 0 Å². The maximum Gasteiger partial charge on any atom is 0.167 e. The Morgan fingerprint density at radius 1 is 0.387 bits per heavy atom. The van der Waals surface area contributed by atoms with E-state index in [-0.39, 0.29) is 23.0 Å². The van der Waals surface area contributed by atoms with Gasteiger partial charge >= 0.3 is 0 Å². The van der Waals surface area contributed by atoms with E-state index in [4.69, 9.17) is 26.2 Å². The molecule has 0 radical (unpaired) electrons. The highest BCUT2D eigenvalue weighted by Crippen LogP contribution is 2.46. The molecule has 0 atom stereocenters. The number of aromatic nitrogens is 4. The number of fused-ring (bicyclic) bond motifs is 12. The lowest BCUT2D eigenvalue weighted by Crippen LogP contribution is -2.01. The molecule has 0 N–H and O–H groups in total. The summed E-state index contributed by atoms with van der Waals surface area (Å²) in [5.74, 6) is 0.434. The van der Waals surface area contributed by atoms with E-state index in [0.717, 1.165) is 65.6 Å². The van der Waals surface area contributed by atoms with Crippen LogP contribution in [0.4, 0.5) is 0 Å². The predicted molar refractivity (Wildman–Crippen MR) is 256 cm³/mol. The summed E-state index contributed by atoms with van der Waals surface area (Å²) in [6.45, 7) is 0. The van der Waals surface area contributed by atoms with E-state index in [1.807, 2.05) is 60.7 Å². The molecular formula is C57H34N4O. The molecule has 0 aliphatic carbocycles. The van der Waals surface area contributed by atoms with E-state index in [1.54, 1.807) is 0 Å². The van der Waals surface area contributed by atoms with E-state index in [1.165, 1.54) is 16.2 Å². The van der Waals surface area contributed by atoms with Crippen LogP contribution in [0.2, 0.25) is 0 Å². The number of benzene rings is 10. The SMILES string of the molecule is [2H]c1c([2H])c([2H])c(-c2nc(-c3ccccc3)nc(-c3cc(-n4c5ccccc5c5ccccc54)cc4c3oc3cccc(-c5cccc6c7ccccc7c7ccccc7c56)c34)n2)c([2H])c1[2H]. The van der Waals surface area contributed by atoms with Gasteiger partial charge < -0.3 is 8.98 Å². The molecule has 62 heavy (non-hydrogen) atoms. The molecule has 3 aromatic heterocycles. The first kappa shape index (κ1) is 29.7. The van der Waals surface area contributed by atoms with Crippen molar-refractivity contribution < 1.29 is 11.3 Å². The molecule has 5 heteroatoms. The second-order valence-electron chi connectivity index (χ2n) is 15.5. The maximum absolute atomic E-state index is 8.97. The lowest BCUT2D eigenvalue weighted by molar-refractivity contribution is 0.669. The zero-order valence-corrected chi connectivity index (χ0v) is 32.9. The standard InChI is InChI=1S/C57H34N4O/c1-3-17-35(18-4-1)55-58-56(36-19-5-2-6-20-36)60-57(59-55)48-34-37(61-49-30-13-11-24-41(49)42-25-12-14-31-50(42)61)33-47-53-46(29-16-32-51(53)62-54(47)48)45-28-15-27-44-40-22-8-7-21-38(40)39-23-9-10-26-43(39)52(44)45/h1-34H/i1D,3D,4D,17D,18D. The van der Waals surface area contributed by atoms with Crippen LogP contribution in [0.5, 0.6) is 0 Å². The third kappa shape index (κ3) is 5.18. The Morgan fingerprint density at radius 3 is 1.58 bits per heavy atom. The highest BCUT2D eigenvalue weighted by Gasteiger charge is 2.24. The average molecular weight is 796 g/mol. The van der Waals surface area contributed by atoms with Crippen LogP contribution in [-0.4, -0.2) is 19.5 Å². The lowest BCUT2D eigenvalue weighted by Gasteiger charge is -2.15. The molecular weight excluding hydrogens is 757 g/mol. The van der Waals surface area contributed by atoms with E-state index in [9.17, 15) is 0 Å². The largest absolute Gasteiger partial charge is 0.455 e. The number of furan rings is 1. The Kier molecular flexibility index (Phi) is 6.51. The summed E-state index contributed by atoms with van der Waals surface area (Å²) in [6.07, 6.45) is 0. The summed E-state index contributed by atoms with van der Waals surface area (Å²) in [5, 5.41) is 10.9. The topological polar surface area (TPSA) is 56.7 Å². The highest BCUT2D eigenvalue weighted by molar-refractivity contribution is 6.30. The van der Waals surface area contributed by atoms with Gasteiger partial charge in [-0.05, 0) is 73.8 Å². The van der Waals surface area contributed by atoms with Gasteiger partial charge in [0, 0.05) is 38.4 Å². The van der Waals surface area contributed by atoms with Gasteiger partial charge in [-0.1, -0.05) is 176 Å². The van der Waals surface area contributed by atoms with Gasteiger partial charge in [-0.3, -0.25) is 0 Å². The average Bonchev–Trinajstić information content (AvgIpc) is 3.93. The van der Waals surface area contributed by atoms with Gasteiger partial charge in [0.2, 0.25) is 0 Å². The summed E-state index contributed by atoms with van der Waals surface area (Å²) < 4.78 is 52.7. The minimum absolute atomic E-state index is 0.0528. The molecule has 0 saturated heterocycles. The molecule has 5 nitrogen and oxygen atoms in total. The van der Waals surface area contributed by atoms with Crippen molar-refractivity contribution in [2.75, 3.05) is 0 Å². The fourth-order valence-corrected chi connectivity index (χ4v) is 9.50. The molecule has 0 amide bonds. The number of nitrogens with zero attached hydrogens (tertiary/aromatic N) is 4. The first-order valence-electron chi connectivity index (χ1n) is 23.0. The Balaban J connectivity index is 1.18. The van der Waals surface area contributed by atoms with Crippen molar-refractivity contribution in [3.63, 3.8) is 0 Å². The second-order valence-corrected chi connectivity index (χ2v) is 15.5. The first-order chi connectivity index (χ1) is 32.8. The molecule has 0 spiro atoms. The smallest absolute Gasteiger partial charge is 0.167 e. The Morgan fingerprint density at radius 2 is 0.903 bits per heavy atom. The van der Waals surface area contributed by atoms with Crippen LogP contribution in [0.1, 0.15) is 6.85 Å². The molecule has 10 aromatic carbocycles. The van der Waals surface area contributed by atoms with Crippen LogP contribution >= 0.6 is 0 Å². The monoisotopic (exact) mass is 795 g/mol. The first-order valence-corrected chi connectivity index (χ1v) is 20.5. The van der Waals surface area contributed by atoms with Crippen LogP contribution in [0, 0.1) is 0 Å². The van der Waals surface area contributed by atoms with Crippen LogP contribution in [0.25, 0.3) is 127 Å². The molecule has 0 bridgehead atoms. The second kappa shape index (κ2) is 13.6. The third-order valence-corrected chi connectivity index (χ3v) is 12.1. The van der Waals surface area contributed by atoms with Gasteiger partial charge in [-0.15, -0.1) is 0 Å². The number of para-hydroxylation sites is 2. The van der Waals surface area contributed by atoms with Crippen LogP contribution in [0.3, 0.4) is 0 Å². The molecule has 13 aromatic rings. The summed E-state index contributed by atoms with van der Waals surface area (Å²) in [6, 6.07) is 57.9. The quantitative estimate of drug-likeness (QED) is 0.163. The fraction of sp³-hybridized carbons (Fsp3) is 0. The van der Waals surface area contributed by atoms with Gasteiger partial charge in [0.05, 0.1) is 23.5 Å². The zero-order chi connectivity index (χ0) is 45.1. The fourth-order valence-electron chi connectivity index (χ4n) is 9.50. The summed E-state index contributed by atoms with van der Waals surface area (Å²) in [4.78, 5) is 15.0. The van der Waals surface area contributed by atoms with Crippen molar-refractivity contribution >= 4 is 76.1 Å². The van der Waals surface area contributed by atoms with Gasteiger partial charge in [0.25, 0.3) is 0 Å². The molecule has 0 aliphatic heterocycles. The van der Waals surface area contributed by atoms with Crippen molar-refractivity contribution in [3.8, 4) is 51.0 Å². The predicted octanol–water partition coefficient (Wildman–Crippen LogP) is 15.0. The molecule has 0 fully saturated rings. The van der Waals surface area contributed by atoms with Gasteiger partial charge in [-0.25, -0.2) is 15.0 Å². The lowest BCUT2D eigenvalue weighted by atomic mass is 9.88. The molecule has 0 aliphatic rings. The van der Waals surface area contributed by atoms with E-state index in [2.05, 4.69) is 120 Å². The van der Waals surface area contributed by atoms with Gasteiger partial charge in [0.15, 0.2) is 17.5 Å². The number of rotatable bonds is 5.